The Morgan fingerprint density at radius 2 is 2.24 bits per heavy atom. The molecule has 3 heterocycles. The highest BCUT2D eigenvalue weighted by molar-refractivity contribution is 5.94. The van der Waals surface area contributed by atoms with Crippen LogP contribution >= 0.6 is 0 Å². The van der Waals surface area contributed by atoms with Gasteiger partial charge in [-0.15, -0.1) is 0 Å². The van der Waals surface area contributed by atoms with Gasteiger partial charge in [-0.1, -0.05) is 0 Å². The van der Waals surface area contributed by atoms with E-state index >= 15 is 0 Å². The number of carbonyl (C=O) groups is 1. The van der Waals surface area contributed by atoms with Crippen LogP contribution in [0.15, 0.2) is 30.7 Å². The van der Waals surface area contributed by atoms with E-state index in [0.717, 1.165) is 31.2 Å². The van der Waals surface area contributed by atoms with E-state index in [1.54, 1.807) is 17.3 Å². The zero-order valence-electron chi connectivity index (χ0n) is 14.8. The van der Waals surface area contributed by atoms with Crippen LogP contribution in [0.3, 0.4) is 0 Å². The van der Waals surface area contributed by atoms with Gasteiger partial charge < -0.3 is 19.5 Å². The molecular weight excluding hydrogens is 318 g/mol. The molecular formula is C18H25N5O2. The quantitative estimate of drug-likeness (QED) is 0.856. The van der Waals surface area contributed by atoms with Crippen LogP contribution in [-0.2, 0) is 13.6 Å². The van der Waals surface area contributed by atoms with Gasteiger partial charge in [-0.25, -0.2) is 9.97 Å². The van der Waals surface area contributed by atoms with Gasteiger partial charge >= 0.3 is 0 Å². The Morgan fingerprint density at radius 3 is 2.80 bits per heavy atom. The summed E-state index contributed by atoms with van der Waals surface area (Å²) >= 11 is 0. The number of aliphatic hydroxyl groups is 1. The summed E-state index contributed by atoms with van der Waals surface area (Å²) in [6, 6.07) is 3.72. The first-order valence-electron chi connectivity index (χ1n) is 8.69. The topological polar surface area (TPSA) is 74.5 Å². The van der Waals surface area contributed by atoms with Crippen LogP contribution in [0, 0.1) is 5.92 Å². The fraction of sp³-hybridized carbons (Fsp3) is 0.500. The fourth-order valence-electron chi connectivity index (χ4n) is 3.12. The Bertz CT molecular complexity index is 713. The van der Waals surface area contributed by atoms with Crippen molar-refractivity contribution < 1.29 is 9.90 Å². The smallest absolute Gasteiger partial charge is 0.255 e. The van der Waals surface area contributed by atoms with Crippen molar-refractivity contribution in [2.75, 3.05) is 31.1 Å². The number of aromatic nitrogens is 3. The number of rotatable bonds is 6. The lowest BCUT2D eigenvalue weighted by atomic mass is 10.1. The minimum Gasteiger partial charge on any atom is -0.396 e. The molecule has 1 saturated heterocycles. The summed E-state index contributed by atoms with van der Waals surface area (Å²) < 4.78 is 1.92. The van der Waals surface area contributed by atoms with Gasteiger partial charge in [0, 0.05) is 57.8 Å². The largest absolute Gasteiger partial charge is 0.396 e. The Hall–Kier alpha value is -2.41. The van der Waals surface area contributed by atoms with Crippen LogP contribution in [0.2, 0.25) is 0 Å². The second-order valence-corrected chi connectivity index (χ2v) is 6.46. The first kappa shape index (κ1) is 17.4. The first-order valence-corrected chi connectivity index (χ1v) is 8.69. The number of hydrogen-bond acceptors (Lipinski definition) is 5. The van der Waals surface area contributed by atoms with Crippen LogP contribution < -0.4 is 4.90 Å². The van der Waals surface area contributed by atoms with Gasteiger partial charge in [0.1, 0.15) is 11.6 Å². The summed E-state index contributed by atoms with van der Waals surface area (Å²) in [4.78, 5) is 25.4. The van der Waals surface area contributed by atoms with E-state index < -0.39 is 0 Å². The Kier molecular flexibility index (Phi) is 5.33. The Labute approximate surface area is 147 Å². The second kappa shape index (κ2) is 7.65. The van der Waals surface area contributed by atoms with Crippen molar-refractivity contribution in [2.24, 2.45) is 13.0 Å². The number of nitrogens with zero attached hydrogens (tertiary/aromatic N) is 5. The number of pyridine rings is 1. The molecule has 7 heteroatoms. The molecule has 1 N–H and O–H groups in total. The van der Waals surface area contributed by atoms with Crippen LogP contribution in [0.1, 0.15) is 29.5 Å². The number of imidazole rings is 1. The van der Waals surface area contributed by atoms with Crippen molar-refractivity contribution in [3.63, 3.8) is 0 Å². The third-order valence-corrected chi connectivity index (χ3v) is 4.79. The average molecular weight is 343 g/mol. The van der Waals surface area contributed by atoms with Crippen molar-refractivity contribution in [3.05, 3.63) is 42.1 Å². The molecule has 25 heavy (non-hydrogen) atoms. The summed E-state index contributed by atoms with van der Waals surface area (Å²) in [5.41, 5.74) is 0.581. The van der Waals surface area contributed by atoms with Crippen molar-refractivity contribution in [3.8, 4) is 0 Å². The second-order valence-electron chi connectivity index (χ2n) is 6.46. The number of aryl methyl sites for hydroxylation is 1. The standard InChI is InChI=1S/C18H25N5O2/c1-3-22(12-17-19-7-9-21(17)2)18(25)15-4-5-16(20-10-15)23-8-6-14(11-23)13-24/h4-5,7,9-10,14,24H,3,6,8,11-13H2,1-2H3/t14-/m1/s1. The van der Waals surface area contributed by atoms with E-state index in [1.165, 1.54) is 0 Å². The third kappa shape index (κ3) is 3.82. The van der Waals surface area contributed by atoms with Gasteiger partial charge in [-0.05, 0) is 25.5 Å². The molecule has 1 fully saturated rings. The zero-order valence-corrected chi connectivity index (χ0v) is 14.8. The lowest BCUT2D eigenvalue weighted by Gasteiger charge is -2.21. The highest BCUT2D eigenvalue weighted by atomic mass is 16.3. The molecule has 1 aliphatic rings. The van der Waals surface area contributed by atoms with E-state index in [9.17, 15) is 9.90 Å². The zero-order chi connectivity index (χ0) is 17.8. The molecule has 0 unspecified atom stereocenters. The van der Waals surface area contributed by atoms with Gasteiger partial charge in [0.05, 0.1) is 12.1 Å². The molecule has 3 rings (SSSR count). The van der Waals surface area contributed by atoms with Gasteiger partial charge in [-0.2, -0.15) is 0 Å². The highest BCUT2D eigenvalue weighted by Gasteiger charge is 2.23. The molecule has 2 aromatic rings. The fourth-order valence-corrected chi connectivity index (χ4v) is 3.12. The normalized spacial score (nSPS) is 17.1. The number of aliphatic hydroxyl groups excluding tert-OH is 1. The SMILES string of the molecule is CCN(Cc1nccn1C)C(=O)c1ccc(N2CC[C@@H](CO)C2)nc1. The maximum atomic E-state index is 12.7. The van der Waals surface area contributed by atoms with Gasteiger partial charge in [0.2, 0.25) is 0 Å². The van der Waals surface area contributed by atoms with Crippen molar-refractivity contribution >= 4 is 11.7 Å². The molecule has 0 saturated carbocycles. The molecule has 1 amide bonds. The molecule has 1 aliphatic heterocycles. The van der Waals surface area contributed by atoms with Crippen molar-refractivity contribution in [2.45, 2.75) is 19.9 Å². The average Bonchev–Trinajstić information content (AvgIpc) is 3.28. The molecule has 134 valence electrons. The summed E-state index contributed by atoms with van der Waals surface area (Å²) in [6.07, 6.45) is 6.23. The van der Waals surface area contributed by atoms with Gasteiger partial charge in [0.25, 0.3) is 5.91 Å². The maximum Gasteiger partial charge on any atom is 0.255 e. The molecule has 0 bridgehead atoms. The lowest BCUT2D eigenvalue weighted by Crippen LogP contribution is -2.31. The van der Waals surface area contributed by atoms with Crippen LogP contribution in [0.4, 0.5) is 5.82 Å². The van der Waals surface area contributed by atoms with E-state index in [1.807, 2.05) is 36.9 Å². The number of anilines is 1. The first-order chi connectivity index (χ1) is 12.1. The number of hydrogen-bond donors (Lipinski definition) is 1. The number of carbonyl (C=O) groups excluding carboxylic acids is 1. The van der Waals surface area contributed by atoms with Gasteiger partial charge in [-0.3, -0.25) is 4.79 Å². The lowest BCUT2D eigenvalue weighted by molar-refractivity contribution is 0.0747. The van der Waals surface area contributed by atoms with E-state index in [0.29, 0.717) is 24.6 Å². The highest BCUT2D eigenvalue weighted by Crippen LogP contribution is 2.22. The van der Waals surface area contributed by atoms with Crippen LogP contribution in [0.5, 0.6) is 0 Å². The van der Waals surface area contributed by atoms with Crippen LogP contribution in [0.25, 0.3) is 0 Å². The predicted octanol–water partition coefficient (Wildman–Crippen LogP) is 1.30. The predicted molar refractivity (Wildman–Crippen MR) is 95.3 cm³/mol. The Balaban J connectivity index is 1.68. The summed E-state index contributed by atoms with van der Waals surface area (Å²) in [5.74, 6) is 1.99. The number of amides is 1. The minimum absolute atomic E-state index is 0.0424. The summed E-state index contributed by atoms with van der Waals surface area (Å²) in [6.45, 7) is 4.97. The molecule has 0 aromatic carbocycles. The molecule has 0 radical (unpaired) electrons. The third-order valence-electron chi connectivity index (χ3n) is 4.79. The monoisotopic (exact) mass is 343 g/mol. The van der Waals surface area contributed by atoms with E-state index in [-0.39, 0.29) is 12.5 Å². The molecule has 0 spiro atoms. The summed E-state index contributed by atoms with van der Waals surface area (Å²) in [5, 5.41) is 9.26. The van der Waals surface area contributed by atoms with Crippen LogP contribution in [-0.4, -0.2) is 56.7 Å². The van der Waals surface area contributed by atoms with Gasteiger partial charge in [0.15, 0.2) is 0 Å². The Morgan fingerprint density at radius 1 is 1.40 bits per heavy atom. The molecule has 1 atom stereocenters. The van der Waals surface area contributed by atoms with Crippen molar-refractivity contribution in [1.29, 1.82) is 0 Å². The van der Waals surface area contributed by atoms with Crippen molar-refractivity contribution in [1.82, 2.24) is 19.4 Å². The molecule has 2 aromatic heterocycles. The van der Waals surface area contributed by atoms with E-state index in [4.69, 9.17) is 0 Å². The maximum absolute atomic E-state index is 12.7. The molecule has 0 aliphatic carbocycles. The molecule has 7 nitrogen and oxygen atoms in total. The van der Waals surface area contributed by atoms with E-state index in [2.05, 4.69) is 14.9 Å². The summed E-state index contributed by atoms with van der Waals surface area (Å²) in [7, 11) is 1.92. The minimum atomic E-state index is -0.0424.